The third-order valence-electron chi connectivity index (χ3n) is 5.55. The highest BCUT2D eigenvalue weighted by molar-refractivity contribution is 6.21. The van der Waals surface area contributed by atoms with Crippen molar-refractivity contribution in [2.75, 3.05) is 0 Å². The first-order valence-electron chi connectivity index (χ1n) is 10.2. The first-order valence-corrected chi connectivity index (χ1v) is 10.2. The predicted octanol–water partition coefficient (Wildman–Crippen LogP) is 1.88. The minimum atomic E-state index is -0.733. The van der Waals surface area contributed by atoms with Crippen LogP contribution in [0.25, 0.3) is 0 Å². The summed E-state index contributed by atoms with van der Waals surface area (Å²) in [5.41, 5.74) is 0.371. The van der Waals surface area contributed by atoms with Gasteiger partial charge in [-0.2, -0.15) is 0 Å². The van der Waals surface area contributed by atoms with Crippen LogP contribution >= 0.6 is 0 Å². The van der Waals surface area contributed by atoms with E-state index in [0.717, 1.165) is 0 Å². The third kappa shape index (κ3) is 4.52. The minimum absolute atomic E-state index is 0.00783. The summed E-state index contributed by atoms with van der Waals surface area (Å²) in [5, 5.41) is 7.77. The fraction of sp³-hybridized carbons (Fsp3) is 0.391. The Morgan fingerprint density at radius 1 is 1.06 bits per heavy atom. The van der Waals surface area contributed by atoms with Crippen LogP contribution in [-0.4, -0.2) is 29.7 Å². The van der Waals surface area contributed by atoms with Crippen molar-refractivity contribution < 1.29 is 23.9 Å². The van der Waals surface area contributed by atoms with Crippen LogP contribution in [0.4, 0.5) is 0 Å². The van der Waals surface area contributed by atoms with Gasteiger partial charge in [-0.05, 0) is 50.1 Å². The molecule has 31 heavy (non-hydrogen) atoms. The van der Waals surface area contributed by atoms with Crippen molar-refractivity contribution in [3.63, 3.8) is 0 Å². The second-order valence-corrected chi connectivity index (χ2v) is 8.57. The molecule has 1 aliphatic carbocycles. The van der Waals surface area contributed by atoms with E-state index in [4.69, 9.17) is 4.74 Å². The number of allylic oxidation sites excluding steroid dienone is 4. The van der Waals surface area contributed by atoms with Gasteiger partial charge in [-0.3, -0.25) is 29.8 Å². The van der Waals surface area contributed by atoms with Crippen LogP contribution in [0.5, 0.6) is 0 Å². The molecular weight excluding hydrogens is 398 g/mol. The molecule has 3 N–H and O–H groups in total. The van der Waals surface area contributed by atoms with Gasteiger partial charge in [-0.25, -0.2) is 0 Å². The van der Waals surface area contributed by atoms with E-state index >= 15 is 0 Å². The molecule has 0 radical (unpaired) electrons. The SMILES string of the molecule is CC(C)N/C(=C\C=C1/CC(=O)NC1=O)OC1=CC(C)(C(C)C)C2=C(C=C1)C(=O)NC2=O. The molecule has 3 aliphatic rings. The zero-order valence-electron chi connectivity index (χ0n) is 18.3. The Kier molecular flexibility index (Phi) is 6.01. The van der Waals surface area contributed by atoms with Gasteiger partial charge in [-0.1, -0.05) is 20.8 Å². The maximum Gasteiger partial charge on any atom is 0.258 e. The van der Waals surface area contributed by atoms with E-state index in [2.05, 4.69) is 16.0 Å². The Balaban J connectivity index is 1.96. The van der Waals surface area contributed by atoms with Gasteiger partial charge in [0, 0.05) is 28.2 Å². The van der Waals surface area contributed by atoms with Crippen LogP contribution in [-0.2, 0) is 23.9 Å². The van der Waals surface area contributed by atoms with Gasteiger partial charge in [0.2, 0.25) is 5.91 Å². The van der Waals surface area contributed by atoms with E-state index in [0.29, 0.717) is 28.4 Å². The monoisotopic (exact) mass is 425 g/mol. The first-order chi connectivity index (χ1) is 14.5. The Morgan fingerprint density at radius 3 is 2.35 bits per heavy atom. The number of imide groups is 2. The van der Waals surface area contributed by atoms with Crippen molar-refractivity contribution in [1.82, 2.24) is 16.0 Å². The lowest BCUT2D eigenvalue weighted by Gasteiger charge is -2.31. The summed E-state index contributed by atoms with van der Waals surface area (Å²) in [5.74, 6) is -0.740. The Morgan fingerprint density at radius 2 is 1.77 bits per heavy atom. The largest absolute Gasteiger partial charge is 0.442 e. The van der Waals surface area contributed by atoms with Crippen molar-refractivity contribution in [3.05, 3.63) is 58.7 Å². The molecular formula is C23H27N3O5. The Labute approximate surface area is 181 Å². The van der Waals surface area contributed by atoms with Crippen molar-refractivity contribution in [2.24, 2.45) is 11.3 Å². The molecule has 0 bridgehead atoms. The van der Waals surface area contributed by atoms with E-state index in [-0.39, 0.29) is 24.3 Å². The molecule has 4 amide bonds. The van der Waals surface area contributed by atoms with Crippen LogP contribution in [0, 0.1) is 11.3 Å². The number of ether oxygens (including phenoxy) is 1. The summed E-state index contributed by atoms with van der Waals surface area (Å²) in [6.07, 6.45) is 8.23. The normalized spacial score (nSPS) is 25.2. The van der Waals surface area contributed by atoms with Gasteiger partial charge >= 0.3 is 0 Å². The molecule has 0 aromatic heterocycles. The molecule has 164 valence electrons. The van der Waals surface area contributed by atoms with Crippen LogP contribution in [0.3, 0.4) is 0 Å². The van der Waals surface area contributed by atoms with Gasteiger partial charge in [-0.15, -0.1) is 0 Å². The van der Waals surface area contributed by atoms with E-state index < -0.39 is 23.1 Å². The van der Waals surface area contributed by atoms with E-state index in [1.165, 1.54) is 0 Å². The lowest BCUT2D eigenvalue weighted by Crippen LogP contribution is -2.32. The smallest absolute Gasteiger partial charge is 0.258 e. The lowest BCUT2D eigenvalue weighted by molar-refractivity contribution is -0.126. The topological polar surface area (TPSA) is 114 Å². The van der Waals surface area contributed by atoms with Crippen molar-refractivity contribution in [2.45, 2.75) is 47.1 Å². The predicted molar refractivity (Wildman–Crippen MR) is 114 cm³/mol. The van der Waals surface area contributed by atoms with Gasteiger partial charge in [0.05, 0.1) is 6.42 Å². The molecule has 0 aromatic rings. The molecule has 1 atom stereocenters. The second-order valence-electron chi connectivity index (χ2n) is 8.57. The summed E-state index contributed by atoms with van der Waals surface area (Å²) in [6, 6.07) is 0.0333. The number of rotatable bonds is 6. The molecule has 0 saturated carbocycles. The van der Waals surface area contributed by atoms with Crippen molar-refractivity contribution in [1.29, 1.82) is 0 Å². The van der Waals surface area contributed by atoms with Crippen molar-refractivity contribution in [3.8, 4) is 0 Å². The maximum absolute atomic E-state index is 12.5. The lowest BCUT2D eigenvalue weighted by atomic mass is 9.71. The Hall–Kier alpha value is -3.42. The molecule has 1 unspecified atom stereocenters. The molecule has 0 spiro atoms. The minimum Gasteiger partial charge on any atom is -0.442 e. The summed E-state index contributed by atoms with van der Waals surface area (Å²) < 4.78 is 6.08. The number of hydrogen-bond acceptors (Lipinski definition) is 6. The summed E-state index contributed by atoms with van der Waals surface area (Å²) in [4.78, 5) is 47.9. The second kappa shape index (κ2) is 8.37. The van der Waals surface area contributed by atoms with E-state index in [1.54, 1.807) is 24.3 Å². The fourth-order valence-corrected chi connectivity index (χ4v) is 3.60. The molecule has 8 heteroatoms. The molecule has 0 aromatic carbocycles. The number of amides is 4. The number of nitrogens with one attached hydrogen (secondary N) is 3. The third-order valence-corrected chi connectivity index (χ3v) is 5.55. The molecule has 3 rings (SSSR count). The zero-order chi connectivity index (χ0) is 22.9. The van der Waals surface area contributed by atoms with Crippen LogP contribution in [0.2, 0.25) is 0 Å². The Bertz CT molecular complexity index is 1010. The summed E-state index contributed by atoms with van der Waals surface area (Å²) in [7, 11) is 0. The zero-order valence-corrected chi connectivity index (χ0v) is 18.3. The van der Waals surface area contributed by atoms with Crippen molar-refractivity contribution >= 4 is 23.6 Å². The number of hydrogen-bond donors (Lipinski definition) is 3. The summed E-state index contributed by atoms with van der Waals surface area (Å²) in [6.45, 7) is 9.72. The maximum atomic E-state index is 12.5. The van der Waals surface area contributed by atoms with Gasteiger partial charge in [0.1, 0.15) is 5.76 Å². The molecule has 1 fully saturated rings. The molecule has 8 nitrogen and oxygen atoms in total. The quantitative estimate of drug-likeness (QED) is 0.340. The molecule has 2 aliphatic heterocycles. The van der Waals surface area contributed by atoms with Gasteiger partial charge in [0.15, 0.2) is 5.88 Å². The van der Waals surface area contributed by atoms with E-state index in [1.807, 2.05) is 40.7 Å². The molecule has 1 saturated heterocycles. The van der Waals surface area contributed by atoms with Crippen LogP contribution in [0.1, 0.15) is 41.0 Å². The number of carbonyl (C=O) groups is 4. The molecule has 2 heterocycles. The first kappa shape index (κ1) is 22.3. The van der Waals surface area contributed by atoms with Gasteiger partial charge in [0.25, 0.3) is 17.7 Å². The van der Waals surface area contributed by atoms with Crippen LogP contribution in [0.15, 0.2) is 58.7 Å². The fourth-order valence-electron chi connectivity index (χ4n) is 3.60. The number of carbonyl (C=O) groups excluding carboxylic acids is 4. The summed E-state index contributed by atoms with van der Waals surface area (Å²) >= 11 is 0. The van der Waals surface area contributed by atoms with Crippen LogP contribution < -0.4 is 16.0 Å². The highest BCUT2D eigenvalue weighted by Crippen LogP contribution is 2.43. The average molecular weight is 425 g/mol. The highest BCUT2D eigenvalue weighted by atomic mass is 16.5. The van der Waals surface area contributed by atoms with Gasteiger partial charge < -0.3 is 10.1 Å². The van der Waals surface area contributed by atoms with E-state index in [9.17, 15) is 19.2 Å². The highest BCUT2D eigenvalue weighted by Gasteiger charge is 2.43. The average Bonchev–Trinajstić information content (AvgIpc) is 3.07. The standard InChI is InChI=1S/C23H27N3O5/c1-12(2)23(5)11-15(7-8-16-19(23)22(30)26-21(16)29)31-18(24-13(3)4)9-6-14-10-17(27)25-20(14)28/h6-9,11-13,24H,10H2,1-5H3,(H,25,27,28)(H,26,29,30)/b14-6+,18-9+.